The van der Waals surface area contributed by atoms with Gasteiger partial charge in [-0.3, -0.25) is 19.2 Å². The highest BCUT2D eigenvalue weighted by molar-refractivity contribution is 5.91. The molecule has 278 valence electrons. The average molecular weight is 711 g/mol. The smallest absolute Gasteiger partial charge is 0.415 e. The molecule has 51 heavy (non-hydrogen) atoms. The van der Waals surface area contributed by atoms with E-state index in [1.807, 2.05) is 32.9 Å². The second-order valence-electron chi connectivity index (χ2n) is 13.3. The van der Waals surface area contributed by atoms with Crippen LogP contribution >= 0.6 is 0 Å². The van der Waals surface area contributed by atoms with E-state index in [0.29, 0.717) is 37.2 Å². The van der Waals surface area contributed by atoms with Crippen LogP contribution in [0.4, 0.5) is 4.79 Å². The van der Waals surface area contributed by atoms with Gasteiger partial charge in [-0.2, -0.15) is 0 Å². The van der Waals surface area contributed by atoms with Crippen LogP contribution in [-0.4, -0.2) is 78.7 Å². The van der Waals surface area contributed by atoms with Crippen molar-refractivity contribution in [3.8, 4) is 11.5 Å². The fourth-order valence-electron chi connectivity index (χ4n) is 5.28. The van der Waals surface area contributed by atoms with Crippen LogP contribution in [0.15, 0.2) is 48.5 Å². The van der Waals surface area contributed by atoms with Gasteiger partial charge in [0, 0.05) is 32.4 Å². The molecule has 3 rings (SSSR count). The third kappa shape index (κ3) is 13.3. The van der Waals surface area contributed by atoms with Crippen LogP contribution in [0.25, 0.3) is 0 Å². The first-order valence-corrected chi connectivity index (χ1v) is 17.2. The zero-order valence-corrected chi connectivity index (χ0v) is 30.1. The van der Waals surface area contributed by atoms with Gasteiger partial charge in [0.05, 0.1) is 5.92 Å². The Morgan fingerprint density at radius 1 is 0.843 bits per heavy atom. The van der Waals surface area contributed by atoms with Crippen LogP contribution in [0.3, 0.4) is 0 Å². The maximum Gasteiger partial charge on any atom is 0.415 e. The fraction of sp³-hybridized carbons (Fsp3) is 0.514. The highest BCUT2D eigenvalue weighted by Gasteiger charge is 2.31. The molecule has 1 aliphatic rings. The number of benzene rings is 2. The zero-order chi connectivity index (χ0) is 37.7. The van der Waals surface area contributed by atoms with Gasteiger partial charge in [0.1, 0.15) is 23.6 Å². The monoisotopic (exact) mass is 710 g/mol. The molecule has 14 heteroatoms. The van der Waals surface area contributed by atoms with Gasteiger partial charge in [-0.15, -0.1) is 0 Å². The quantitative estimate of drug-likeness (QED) is 0.172. The summed E-state index contributed by atoms with van der Waals surface area (Å²) >= 11 is 0. The molecule has 1 fully saturated rings. The molecule has 0 spiro atoms. The maximum absolute atomic E-state index is 13.6. The Kier molecular flexibility index (Phi) is 15.3. The predicted molar refractivity (Wildman–Crippen MR) is 186 cm³/mol. The van der Waals surface area contributed by atoms with Gasteiger partial charge in [0.2, 0.25) is 18.1 Å². The molecule has 0 saturated carbocycles. The summed E-state index contributed by atoms with van der Waals surface area (Å²) in [5.41, 5.74) is 6.82. The number of esters is 2. The lowest BCUT2D eigenvalue weighted by Gasteiger charge is -2.29. The van der Waals surface area contributed by atoms with Crippen LogP contribution in [0.5, 0.6) is 11.5 Å². The number of likely N-dealkylation sites (tertiary alicyclic amines) is 1. The van der Waals surface area contributed by atoms with Crippen LogP contribution in [0, 0.1) is 24.7 Å². The Balaban J connectivity index is 1.71. The molecule has 1 aliphatic heterocycles. The first-order chi connectivity index (χ1) is 24.1. The minimum absolute atomic E-state index is 0.00368. The van der Waals surface area contributed by atoms with E-state index in [9.17, 15) is 28.8 Å². The summed E-state index contributed by atoms with van der Waals surface area (Å²) in [5, 5.41) is 5.42. The van der Waals surface area contributed by atoms with Gasteiger partial charge in [-0.25, -0.2) is 9.59 Å². The van der Waals surface area contributed by atoms with Crippen molar-refractivity contribution < 1.29 is 47.7 Å². The molecule has 2 aromatic rings. The molecule has 4 N–H and O–H groups in total. The first-order valence-electron chi connectivity index (χ1n) is 17.2. The first kappa shape index (κ1) is 40.3. The number of nitrogens with two attached hydrogens (primary N) is 1. The lowest BCUT2D eigenvalue weighted by molar-refractivity contribution is -0.188. The molecule has 2 aromatic carbocycles. The number of primary amides is 1. The molecule has 2 unspecified atom stereocenters. The number of aryl methyl sites for hydroxylation is 1. The summed E-state index contributed by atoms with van der Waals surface area (Å²) in [6.45, 7) is 10.7. The number of ether oxygens (including phenoxy) is 4. The van der Waals surface area contributed by atoms with Crippen molar-refractivity contribution in [3.05, 3.63) is 59.7 Å². The number of carbonyl (C=O) groups excluding carboxylic acids is 6. The van der Waals surface area contributed by atoms with E-state index in [1.54, 1.807) is 50.2 Å². The maximum atomic E-state index is 13.6. The van der Waals surface area contributed by atoms with Gasteiger partial charge < -0.3 is 40.2 Å². The van der Waals surface area contributed by atoms with E-state index in [-0.39, 0.29) is 42.9 Å². The van der Waals surface area contributed by atoms with Crippen molar-refractivity contribution in [2.24, 2.45) is 23.5 Å². The van der Waals surface area contributed by atoms with E-state index in [4.69, 9.17) is 24.7 Å². The highest BCUT2D eigenvalue weighted by Crippen LogP contribution is 2.20. The largest absolute Gasteiger partial charge is 0.484 e. The van der Waals surface area contributed by atoms with Crippen LogP contribution in [0.1, 0.15) is 65.0 Å². The van der Waals surface area contributed by atoms with Crippen LogP contribution in [-0.2, 0) is 39.9 Å². The second-order valence-corrected chi connectivity index (χ2v) is 13.3. The van der Waals surface area contributed by atoms with Crippen LogP contribution < -0.4 is 25.8 Å². The molecule has 0 aliphatic carbocycles. The van der Waals surface area contributed by atoms with E-state index < -0.39 is 54.1 Å². The standard InChI is InChI=1S/C37H50N4O10/c1-22(2)19-29(39-32(42)21-48-31-10-8-7-9-24(31)5)34(44)40-30(36(46)50-25(6)49-35(45)23(3)4)20-26-11-13-28(14-12-26)51-37(47)41-17-15-27(16-18-41)33(38)43/h7-14,22-23,25,27,29-30H,15-21H2,1-6H3,(H2,38,43)(H,39,42)(H,40,44)/t25?,29?,30-/m0/s1. The van der Waals surface area contributed by atoms with E-state index >= 15 is 0 Å². The summed E-state index contributed by atoms with van der Waals surface area (Å²) in [6.07, 6.45) is -0.636. The Bertz CT molecular complexity index is 1520. The Hall–Kier alpha value is -5.14. The summed E-state index contributed by atoms with van der Waals surface area (Å²) in [6, 6.07) is 11.4. The topological polar surface area (TPSA) is 193 Å². The number of para-hydroxylation sites is 1. The fourth-order valence-corrected chi connectivity index (χ4v) is 5.28. The predicted octanol–water partition coefficient (Wildman–Crippen LogP) is 3.42. The lowest BCUT2D eigenvalue weighted by Crippen LogP contribution is -2.54. The van der Waals surface area contributed by atoms with E-state index in [2.05, 4.69) is 10.6 Å². The number of rotatable bonds is 16. The number of nitrogens with zero attached hydrogens (tertiary/aromatic N) is 1. The van der Waals surface area contributed by atoms with Crippen LogP contribution in [0.2, 0.25) is 0 Å². The number of piperidine rings is 1. The SMILES string of the molecule is Cc1ccccc1OCC(=O)NC(CC(C)C)C(=O)N[C@@H](Cc1ccc(OC(=O)N2CCC(C(N)=O)CC2)cc1)C(=O)OC(C)OC(=O)C(C)C. The number of hydrogen-bond acceptors (Lipinski definition) is 10. The number of carbonyl (C=O) groups is 6. The average Bonchev–Trinajstić information content (AvgIpc) is 3.07. The molecule has 14 nitrogen and oxygen atoms in total. The summed E-state index contributed by atoms with van der Waals surface area (Å²) in [7, 11) is 0. The number of amides is 4. The minimum Gasteiger partial charge on any atom is -0.484 e. The van der Waals surface area contributed by atoms with Gasteiger partial charge in [-0.05, 0) is 61.4 Å². The zero-order valence-electron chi connectivity index (χ0n) is 30.1. The van der Waals surface area contributed by atoms with Gasteiger partial charge >= 0.3 is 18.0 Å². The third-order valence-electron chi connectivity index (χ3n) is 8.17. The Morgan fingerprint density at radius 2 is 1.47 bits per heavy atom. The molecule has 3 atom stereocenters. The summed E-state index contributed by atoms with van der Waals surface area (Å²) in [4.78, 5) is 77.7. The molecule has 0 bridgehead atoms. The summed E-state index contributed by atoms with van der Waals surface area (Å²) in [5.74, 6) is -2.87. The van der Waals surface area contributed by atoms with Crippen molar-refractivity contribution in [1.29, 1.82) is 0 Å². The van der Waals surface area contributed by atoms with Crippen molar-refractivity contribution >= 4 is 35.8 Å². The molecule has 0 aromatic heterocycles. The minimum atomic E-state index is -1.24. The second kappa shape index (κ2) is 19.3. The molecule has 1 heterocycles. The Morgan fingerprint density at radius 3 is 2.06 bits per heavy atom. The molecule has 1 saturated heterocycles. The molecular weight excluding hydrogens is 660 g/mol. The van der Waals surface area contributed by atoms with E-state index in [0.717, 1.165) is 5.56 Å². The van der Waals surface area contributed by atoms with Gasteiger partial charge in [-0.1, -0.05) is 58.0 Å². The Labute approximate surface area is 298 Å². The van der Waals surface area contributed by atoms with Gasteiger partial charge in [0.25, 0.3) is 5.91 Å². The van der Waals surface area contributed by atoms with Crippen molar-refractivity contribution in [2.45, 2.75) is 85.6 Å². The number of nitrogens with one attached hydrogen (secondary N) is 2. The van der Waals surface area contributed by atoms with Crippen molar-refractivity contribution in [2.75, 3.05) is 19.7 Å². The molecular formula is C37H50N4O10. The van der Waals surface area contributed by atoms with Gasteiger partial charge in [0.15, 0.2) is 6.61 Å². The summed E-state index contributed by atoms with van der Waals surface area (Å²) < 4.78 is 21.7. The van der Waals surface area contributed by atoms with Crippen molar-refractivity contribution in [1.82, 2.24) is 15.5 Å². The molecule has 0 radical (unpaired) electrons. The normalized spacial score (nSPS) is 14.9. The lowest BCUT2D eigenvalue weighted by atomic mass is 9.97. The highest BCUT2D eigenvalue weighted by atomic mass is 16.7. The van der Waals surface area contributed by atoms with E-state index in [1.165, 1.54) is 11.8 Å². The molecule has 4 amide bonds. The van der Waals surface area contributed by atoms with Crippen molar-refractivity contribution in [3.63, 3.8) is 0 Å². The number of hydrogen-bond donors (Lipinski definition) is 3. The third-order valence-corrected chi connectivity index (χ3v) is 8.17.